The Bertz CT molecular complexity index is 563. The maximum Gasteiger partial charge on any atom is 1.00 e. The van der Waals surface area contributed by atoms with Crippen LogP contribution in [0.15, 0.2) is 0 Å². The molecule has 1 atom stereocenters. The van der Waals surface area contributed by atoms with Crippen LogP contribution in [0.25, 0.3) is 0 Å². The molecule has 7 nitrogen and oxygen atoms in total. The molecule has 0 heterocycles. The average Bonchev–Trinajstić information content (AvgIpc) is 2.52. The second kappa shape index (κ2) is 12.1. The van der Waals surface area contributed by atoms with Crippen LogP contribution < -0.4 is 113 Å². The fourth-order valence-corrected chi connectivity index (χ4v) is 6.14. The van der Waals surface area contributed by atoms with Gasteiger partial charge in [-0.15, -0.1) is 0 Å². The second-order valence-corrected chi connectivity index (χ2v) is 8.61. The second-order valence-electron chi connectivity index (χ2n) is 7.10. The molecule has 2 saturated carbocycles. The van der Waals surface area contributed by atoms with E-state index in [-0.39, 0.29) is 103 Å². The Morgan fingerprint density at radius 2 is 1.19 bits per heavy atom. The standard InChI is InChI=1S/C16H26O7S.2K/c17-14(18)13(24(21,22)23)16(15(19)20,11-7-3-1-4-8-11)12-9-5-2-6-10-12;;/h11-13H,1-10H2,(H,17,18)(H,19,20)(H,21,22,23);;/q;2*+1/p-2. The molecule has 2 aliphatic carbocycles. The smallest absolute Gasteiger partial charge is 0.549 e. The summed E-state index contributed by atoms with van der Waals surface area (Å²) in [4.78, 5) is 23.9. The van der Waals surface area contributed by atoms with Crippen LogP contribution in [0.5, 0.6) is 0 Å². The summed E-state index contributed by atoms with van der Waals surface area (Å²) in [5.74, 6) is -5.04. The van der Waals surface area contributed by atoms with Gasteiger partial charge in [-0.2, -0.15) is 8.42 Å². The van der Waals surface area contributed by atoms with Crippen LogP contribution >= 0.6 is 0 Å². The van der Waals surface area contributed by atoms with E-state index < -0.39 is 44.6 Å². The first-order valence-electron chi connectivity index (χ1n) is 8.61. The summed E-state index contributed by atoms with van der Waals surface area (Å²) in [5.41, 5.74) is -2.13. The van der Waals surface area contributed by atoms with Crippen molar-refractivity contribution in [3.05, 3.63) is 0 Å². The fourth-order valence-electron chi connectivity index (χ4n) is 4.93. The van der Waals surface area contributed by atoms with Crippen molar-refractivity contribution in [2.45, 2.75) is 69.5 Å². The number of carboxylic acids is 2. The molecule has 2 fully saturated rings. The van der Waals surface area contributed by atoms with Crippen LogP contribution in [-0.4, -0.2) is 30.2 Å². The molecular formula is C16H24K2O7S. The monoisotopic (exact) mass is 438 g/mol. The first-order valence-corrected chi connectivity index (χ1v) is 10.1. The quantitative estimate of drug-likeness (QED) is 0.322. The molecule has 0 radical (unpaired) electrons. The third kappa shape index (κ3) is 6.07. The minimum absolute atomic E-state index is 0. The Morgan fingerprint density at radius 1 is 0.846 bits per heavy atom. The van der Waals surface area contributed by atoms with Crippen molar-refractivity contribution in [2.75, 3.05) is 0 Å². The third-order valence-corrected chi connectivity index (χ3v) is 7.04. The van der Waals surface area contributed by atoms with E-state index in [0.717, 1.165) is 12.8 Å². The number of aliphatic carboxylic acids is 2. The Hall–Kier alpha value is 2.12. The number of hydrogen-bond acceptors (Lipinski definition) is 6. The van der Waals surface area contributed by atoms with E-state index in [4.69, 9.17) is 0 Å². The van der Waals surface area contributed by atoms with E-state index in [1.807, 2.05) is 0 Å². The fraction of sp³-hybridized carbons (Fsp3) is 0.875. The molecule has 26 heavy (non-hydrogen) atoms. The first-order chi connectivity index (χ1) is 11.2. The van der Waals surface area contributed by atoms with Gasteiger partial charge in [-0.25, -0.2) is 0 Å². The summed E-state index contributed by atoms with van der Waals surface area (Å²) in [6.45, 7) is 0. The van der Waals surface area contributed by atoms with E-state index in [2.05, 4.69) is 0 Å². The van der Waals surface area contributed by atoms with E-state index in [1.165, 1.54) is 0 Å². The summed E-state index contributed by atoms with van der Waals surface area (Å²) in [6, 6.07) is 0. The van der Waals surface area contributed by atoms with Crippen LogP contribution in [0, 0.1) is 17.3 Å². The number of carbonyl (C=O) groups excluding carboxylic acids is 2. The topological polar surface area (TPSA) is 135 Å². The Kier molecular flexibility index (Phi) is 13.1. The molecule has 1 unspecified atom stereocenters. The van der Waals surface area contributed by atoms with E-state index >= 15 is 0 Å². The van der Waals surface area contributed by atoms with Gasteiger partial charge in [-0.1, -0.05) is 38.5 Å². The van der Waals surface area contributed by atoms with Crippen LogP contribution in [0.1, 0.15) is 64.2 Å². The van der Waals surface area contributed by atoms with Gasteiger partial charge in [0.1, 0.15) is 5.25 Å². The van der Waals surface area contributed by atoms with Crippen LogP contribution in [0.3, 0.4) is 0 Å². The van der Waals surface area contributed by atoms with Crippen molar-refractivity contribution in [1.82, 2.24) is 0 Å². The first kappa shape index (κ1) is 28.1. The van der Waals surface area contributed by atoms with Gasteiger partial charge >= 0.3 is 103 Å². The number of carboxylic acid groups (broad SMARTS) is 2. The predicted molar refractivity (Wildman–Crippen MR) is 80.9 cm³/mol. The normalized spacial score (nSPS) is 21.1. The largest absolute Gasteiger partial charge is 1.00 e. The Balaban J connectivity index is 0.00000312. The van der Waals surface area contributed by atoms with Gasteiger partial charge in [-0.3, -0.25) is 4.55 Å². The number of hydrogen-bond donors (Lipinski definition) is 1. The van der Waals surface area contributed by atoms with Gasteiger partial charge in [-0.05, 0) is 37.5 Å². The van der Waals surface area contributed by atoms with Gasteiger partial charge in [0.25, 0.3) is 10.1 Å². The molecule has 2 rings (SSSR count). The summed E-state index contributed by atoms with van der Waals surface area (Å²) < 4.78 is 33.3. The molecule has 2 aliphatic rings. The van der Waals surface area contributed by atoms with Crippen molar-refractivity contribution in [3.63, 3.8) is 0 Å². The molecule has 10 heteroatoms. The molecule has 0 amide bonds. The summed E-state index contributed by atoms with van der Waals surface area (Å²) in [7, 11) is -5.15. The van der Waals surface area contributed by atoms with Gasteiger partial charge < -0.3 is 19.8 Å². The maximum atomic E-state index is 12.2. The number of carbonyl (C=O) groups is 2. The zero-order valence-corrected chi connectivity index (χ0v) is 22.7. The van der Waals surface area contributed by atoms with E-state index in [1.54, 1.807) is 0 Å². The molecule has 0 aromatic heterocycles. The van der Waals surface area contributed by atoms with Gasteiger partial charge in [0.2, 0.25) is 0 Å². The molecule has 0 saturated heterocycles. The Morgan fingerprint density at radius 3 is 1.42 bits per heavy atom. The van der Waals surface area contributed by atoms with E-state index in [9.17, 15) is 32.8 Å². The molecule has 1 N–H and O–H groups in total. The van der Waals surface area contributed by atoms with E-state index in [0.29, 0.717) is 51.4 Å². The van der Waals surface area contributed by atoms with Crippen molar-refractivity contribution in [3.8, 4) is 0 Å². The zero-order chi connectivity index (χ0) is 18.0. The minimum atomic E-state index is -5.15. The molecule has 0 aliphatic heterocycles. The average molecular weight is 439 g/mol. The molecule has 138 valence electrons. The number of rotatable bonds is 6. The molecule has 0 aromatic rings. The third-order valence-electron chi connectivity index (χ3n) is 5.86. The van der Waals surface area contributed by atoms with Crippen molar-refractivity contribution < 1.29 is 136 Å². The van der Waals surface area contributed by atoms with Crippen molar-refractivity contribution in [1.29, 1.82) is 0 Å². The zero-order valence-electron chi connectivity index (χ0n) is 15.6. The maximum absolute atomic E-state index is 12.2. The summed E-state index contributed by atoms with van der Waals surface area (Å²) in [6.07, 6.45) is 6.30. The molecule has 0 spiro atoms. The predicted octanol–water partition coefficient (Wildman–Crippen LogP) is -6.10. The Labute approximate surface area is 240 Å². The minimum Gasteiger partial charge on any atom is -0.549 e. The summed E-state index contributed by atoms with van der Waals surface area (Å²) in [5, 5.41) is 21.4. The van der Waals surface area contributed by atoms with Crippen molar-refractivity contribution >= 4 is 22.1 Å². The van der Waals surface area contributed by atoms with Crippen molar-refractivity contribution in [2.24, 2.45) is 17.3 Å². The van der Waals surface area contributed by atoms with Crippen LogP contribution in [0.2, 0.25) is 0 Å². The van der Waals surface area contributed by atoms with Crippen LogP contribution in [0.4, 0.5) is 0 Å². The van der Waals surface area contributed by atoms with Gasteiger partial charge in [0, 0.05) is 11.4 Å². The molecule has 0 aromatic carbocycles. The SMILES string of the molecule is O=C([O-])C(C(C(=O)[O-])(C1CCCCC1)C1CCCCC1)S(=O)(=O)O.[K+].[K+]. The molecule has 0 bridgehead atoms. The molecular weight excluding hydrogens is 414 g/mol. The van der Waals surface area contributed by atoms with Gasteiger partial charge in [0.05, 0.1) is 5.97 Å². The summed E-state index contributed by atoms with van der Waals surface area (Å²) >= 11 is 0. The van der Waals surface area contributed by atoms with Crippen LogP contribution in [-0.2, 0) is 19.7 Å². The van der Waals surface area contributed by atoms with Gasteiger partial charge in [0.15, 0.2) is 0 Å².